The summed E-state index contributed by atoms with van der Waals surface area (Å²) in [7, 11) is 0. The van der Waals surface area contributed by atoms with Crippen molar-refractivity contribution in [2.45, 2.75) is 33.7 Å². The van der Waals surface area contributed by atoms with Gasteiger partial charge in [0.25, 0.3) is 0 Å². The van der Waals surface area contributed by atoms with Gasteiger partial charge in [-0.1, -0.05) is 38.1 Å². The summed E-state index contributed by atoms with van der Waals surface area (Å²) in [6.07, 6.45) is 1.81. The molecular formula is C23H28N2O. The molecule has 0 heterocycles. The van der Waals surface area contributed by atoms with Crippen molar-refractivity contribution >= 4 is 17.2 Å². The Kier molecular flexibility index (Phi) is 5.46. The Labute approximate surface area is 156 Å². The van der Waals surface area contributed by atoms with Crippen LogP contribution in [0.5, 0.6) is 0 Å². The lowest BCUT2D eigenvalue weighted by Gasteiger charge is -2.30. The highest BCUT2D eigenvalue weighted by Crippen LogP contribution is 2.37. The Morgan fingerprint density at radius 3 is 2.27 bits per heavy atom. The van der Waals surface area contributed by atoms with Crippen LogP contribution in [0.4, 0.5) is 11.4 Å². The van der Waals surface area contributed by atoms with Gasteiger partial charge in [-0.3, -0.25) is 4.79 Å². The zero-order valence-electron chi connectivity index (χ0n) is 16.1. The van der Waals surface area contributed by atoms with Crippen molar-refractivity contribution in [1.82, 2.24) is 0 Å². The third-order valence-corrected chi connectivity index (χ3v) is 5.14. The normalized spacial score (nSPS) is 16.3. The van der Waals surface area contributed by atoms with Gasteiger partial charge in [-0.15, -0.1) is 0 Å². The summed E-state index contributed by atoms with van der Waals surface area (Å²) in [5, 5.41) is 3.65. The minimum atomic E-state index is 0.0307. The molecule has 26 heavy (non-hydrogen) atoms. The van der Waals surface area contributed by atoms with Gasteiger partial charge < -0.3 is 10.2 Å². The minimum absolute atomic E-state index is 0.0307. The van der Waals surface area contributed by atoms with Crippen molar-refractivity contribution in [3.05, 3.63) is 71.3 Å². The van der Waals surface area contributed by atoms with Gasteiger partial charge in [0.1, 0.15) is 0 Å². The molecular weight excluding hydrogens is 320 g/mol. The molecule has 3 rings (SSSR count). The molecule has 1 aliphatic rings. The Morgan fingerprint density at radius 1 is 1.00 bits per heavy atom. The van der Waals surface area contributed by atoms with E-state index >= 15 is 0 Å². The number of fused-ring (bicyclic) bond motifs is 1. The molecule has 3 heteroatoms. The molecule has 2 aromatic rings. The Balaban J connectivity index is 1.91. The van der Waals surface area contributed by atoms with E-state index in [0.717, 1.165) is 35.5 Å². The monoisotopic (exact) mass is 348 g/mol. The molecule has 0 aromatic heterocycles. The Hall–Kier alpha value is -2.55. The van der Waals surface area contributed by atoms with Crippen molar-refractivity contribution in [1.29, 1.82) is 0 Å². The first-order valence-corrected chi connectivity index (χ1v) is 9.51. The number of carbonyl (C=O) groups excluding carboxylic acids is 1. The number of rotatable bonds is 6. The van der Waals surface area contributed by atoms with Gasteiger partial charge in [0, 0.05) is 30.0 Å². The maximum atomic E-state index is 12.5. The molecule has 0 spiro atoms. The predicted molar refractivity (Wildman–Crippen MR) is 110 cm³/mol. The van der Waals surface area contributed by atoms with Gasteiger partial charge in [-0.05, 0) is 61.2 Å². The average Bonchev–Trinajstić information content (AvgIpc) is 2.66. The van der Waals surface area contributed by atoms with Crippen molar-refractivity contribution in [3.63, 3.8) is 0 Å². The van der Waals surface area contributed by atoms with Gasteiger partial charge in [-0.2, -0.15) is 0 Å². The first-order valence-electron chi connectivity index (χ1n) is 9.51. The Morgan fingerprint density at radius 2 is 1.65 bits per heavy atom. The first-order chi connectivity index (χ1) is 12.5. The highest BCUT2D eigenvalue weighted by Gasteiger charge is 2.28. The van der Waals surface area contributed by atoms with Crippen LogP contribution >= 0.6 is 0 Å². The molecule has 136 valence electrons. The van der Waals surface area contributed by atoms with E-state index in [0.29, 0.717) is 5.92 Å². The van der Waals surface area contributed by atoms with Crippen molar-refractivity contribution in [2.24, 2.45) is 5.92 Å². The molecule has 1 N–H and O–H groups in total. The smallest absolute Gasteiger partial charge is 0.186 e. The van der Waals surface area contributed by atoms with E-state index in [1.807, 2.05) is 24.3 Å². The molecule has 0 saturated heterocycles. The van der Waals surface area contributed by atoms with Crippen LogP contribution in [0.1, 0.15) is 49.7 Å². The fraction of sp³-hybridized carbons (Fsp3) is 0.348. The molecule has 1 atom stereocenters. The summed E-state index contributed by atoms with van der Waals surface area (Å²) in [5.41, 5.74) is 5.31. The average molecular weight is 348 g/mol. The number of nitrogens with zero attached hydrogens (tertiary/aromatic N) is 1. The fourth-order valence-corrected chi connectivity index (χ4v) is 3.65. The predicted octanol–water partition coefficient (Wildman–Crippen LogP) is 5.46. The van der Waals surface area contributed by atoms with Crippen LogP contribution in [-0.2, 0) is 0 Å². The molecule has 0 saturated carbocycles. The maximum Gasteiger partial charge on any atom is 0.186 e. The SMILES string of the molecule is CCN(CC)c1ccc(NC2C(C(C)C)=CC(=O)c3ccccc32)cc1. The van der Waals surface area contributed by atoms with Crippen LogP contribution < -0.4 is 10.2 Å². The number of anilines is 2. The van der Waals surface area contributed by atoms with E-state index in [9.17, 15) is 4.79 Å². The van der Waals surface area contributed by atoms with Gasteiger partial charge in [-0.25, -0.2) is 0 Å². The third kappa shape index (κ3) is 3.52. The summed E-state index contributed by atoms with van der Waals surface area (Å²) < 4.78 is 0. The van der Waals surface area contributed by atoms with Gasteiger partial charge in [0.05, 0.1) is 6.04 Å². The zero-order chi connectivity index (χ0) is 18.7. The quantitative estimate of drug-likeness (QED) is 0.752. The van der Waals surface area contributed by atoms with Crippen LogP contribution in [0.3, 0.4) is 0 Å². The van der Waals surface area contributed by atoms with Crippen molar-refractivity contribution in [3.8, 4) is 0 Å². The van der Waals surface area contributed by atoms with Gasteiger partial charge in [0.2, 0.25) is 0 Å². The summed E-state index contributed by atoms with van der Waals surface area (Å²) in [6.45, 7) is 10.6. The van der Waals surface area contributed by atoms with Crippen molar-refractivity contribution < 1.29 is 4.79 Å². The largest absolute Gasteiger partial charge is 0.374 e. The number of ketones is 1. The van der Waals surface area contributed by atoms with E-state index < -0.39 is 0 Å². The highest BCUT2D eigenvalue weighted by molar-refractivity contribution is 6.08. The van der Waals surface area contributed by atoms with E-state index in [2.05, 4.69) is 68.2 Å². The van der Waals surface area contributed by atoms with E-state index in [-0.39, 0.29) is 11.8 Å². The van der Waals surface area contributed by atoms with Crippen LogP contribution in [0.15, 0.2) is 60.2 Å². The molecule has 1 aliphatic carbocycles. The van der Waals surface area contributed by atoms with E-state index in [1.54, 1.807) is 0 Å². The van der Waals surface area contributed by atoms with Gasteiger partial charge >= 0.3 is 0 Å². The second kappa shape index (κ2) is 7.77. The number of carbonyl (C=O) groups is 1. The highest BCUT2D eigenvalue weighted by atomic mass is 16.1. The molecule has 1 unspecified atom stereocenters. The topological polar surface area (TPSA) is 32.3 Å². The molecule has 3 nitrogen and oxygen atoms in total. The van der Waals surface area contributed by atoms with Crippen LogP contribution in [0.2, 0.25) is 0 Å². The number of allylic oxidation sites excluding steroid dienone is 1. The number of hydrogen-bond donors (Lipinski definition) is 1. The lowest BCUT2D eigenvalue weighted by atomic mass is 9.81. The molecule has 0 radical (unpaired) electrons. The molecule has 0 fully saturated rings. The molecule has 2 aromatic carbocycles. The van der Waals surface area contributed by atoms with E-state index in [4.69, 9.17) is 0 Å². The molecule has 0 bridgehead atoms. The lowest BCUT2D eigenvalue weighted by Crippen LogP contribution is -2.24. The summed E-state index contributed by atoms with van der Waals surface area (Å²) >= 11 is 0. The Bertz CT molecular complexity index is 801. The second-order valence-corrected chi connectivity index (χ2v) is 7.05. The minimum Gasteiger partial charge on any atom is -0.374 e. The first kappa shape index (κ1) is 18.2. The number of benzene rings is 2. The molecule has 0 amide bonds. The van der Waals surface area contributed by atoms with Crippen LogP contribution in [0, 0.1) is 5.92 Å². The summed E-state index contributed by atoms with van der Waals surface area (Å²) in [5.74, 6) is 0.416. The number of nitrogens with one attached hydrogen (secondary N) is 1. The van der Waals surface area contributed by atoms with Gasteiger partial charge in [0.15, 0.2) is 5.78 Å². The molecule has 0 aliphatic heterocycles. The van der Waals surface area contributed by atoms with Crippen LogP contribution in [0.25, 0.3) is 0 Å². The standard InChI is InChI=1S/C23H28N2O/c1-5-25(6-2)18-13-11-17(12-14-18)24-23-20-10-8-7-9-19(20)22(26)15-21(23)16(3)4/h7-16,23-24H,5-6H2,1-4H3. The second-order valence-electron chi connectivity index (χ2n) is 7.05. The van der Waals surface area contributed by atoms with Crippen LogP contribution in [-0.4, -0.2) is 18.9 Å². The zero-order valence-corrected chi connectivity index (χ0v) is 16.1. The van der Waals surface area contributed by atoms with Crippen molar-refractivity contribution in [2.75, 3.05) is 23.3 Å². The third-order valence-electron chi connectivity index (χ3n) is 5.14. The maximum absolute atomic E-state index is 12.5. The fourth-order valence-electron chi connectivity index (χ4n) is 3.65. The number of hydrogen-bond acceptors (Lipinski definition) is 3. The van der Waals surface area contributed by atoms with E-state index in [1.165, 1.54) is 5.69 Å². The summed E-state index contributed by atoms with van der Waals surface area (Å²) in [6, 6.07) is 16.5. The summed E-state index contributed by atoms with van der Waals surface area (Å²) in [4.78, 5) is 14.8. The lowest BCUT2D eigenvalue weighted by molar-refractivity contribution is 0.104.